The van der Waals surface area contributed by atoms with Crippen LogP contribution in [-0.2, 0) is 23.9 Å². The zero-order valence-corrected chi connectivity index (χ0v) is 19.3. The number of imide groups is 1. The number of hydrogen-bond acceptors (Lipinski definition) is 6. The van der Waals surface area contributed by atoms with E-state index in [9.17, 15) is 29.4 Å². The average molecular weight is 481 g/mol. The molecule has 0 bridgehead atoms. The molecule has 9 nitrogen and oxygen atoms in total. The number of fused-ring (bicyclic) bond motifs is 1. The van der Waals surface area contributed by atoms with Gasteiger partial charge in [-0.2, -0.15) is 0 Å². The van der Waals surface area contributed by atoms with Crippen LogP contribution >= 0.6 is 0 Å². The van der Waals surface area contributed by atoms with Gasteiger partial charge in [0, 0.05) is 12.6 Å². The minimum absolute atomic E-state index is 0.00684. The van der Waals surface area contributed by atoms with Crippen molar-refractivity contribution in [3.63, 3.8) is 0 Å². The first-order valence-corrected chi connectivity index (χ1v) is 11.6. The number of rotatable bonds is 10. The van der Waals surface area contributed by atoms with Crippen molar-refractivity contribution in [2.24, 2.45) is 11.8 Å². The molecule has 2 heterocycles. The van der Waals surface area contributed by atoms with Gasteiger partial charge in [0.25, 0.3) is 0 Å². The number of aliphatic carboxylic acids is 2. The van der Waals surface area contributed by atoms with E-state index in [2.05, 4.69) is 5.32 Å². The number of nitrogens with one attached hydrogen (secondary N) is 1. The van der Waals surface area contributed by atoms with Crippen molar-refractivity contribution in [2.45, 2.75) is 31.3 Å². The molecule has 0 spiro atoms. The molecule has 2 saturated heterocycles. The summed E-state index contributed by atoms with van der Waals surface area (Å²) in [4.78, 5) is 51.9. The zero-order valence-electron chi connectivity index (χ0n) is 19.3. The monoisotopic (exact) mass is 480 g/mol. The standard InChI is InChI=1S/C26H28N2O7/c1-2-13-35-14-12-28-23(31)20-21(24(28)32)26(25(33)34,15-19(29)30)27-22(20)18-10-8-17(9-11-18)16-6-4-3-5-7-16/h3-11,20-22,27H,2,12-15H2,1H3,(H,29,30)(H,33,34). The summed E-state index contributed by atoms with van der Waals surface area (Å²) in [6.45, 7) is 2.53. The average Bonchev–Trinajstić information content (AvgIpc) is 3.31. The Hall–Kier alpha value is -3.56. The second-order valence-electron chi connectivity index (χ2n) is 8.90. The van der Waals surface area contributed by atoms with Crippen LogP contribution in [0.15, 0.2) is 54.6 Å². The number of carboxylic acids is 2. The third-order valence-corrected chi connectivity index (χ3v) is 6.74. The van der Waals surface area contributed by atoms with Crippen molar-refractivity contribution < 1.29 is 34.1 Å². The molecule has 2 aromatic rings. The number of hydrogen-bond donors (Lipinski definition) is 3. The first kappa shape index (κ1) is 24.6. The summed E-state index contributed by atoms with van der Waals surface area (Å²) in [5.41, 5.74) is 0.429. The Kier molecular flexibility index (Phi) is 7.00. The van der Waals surface area contributed by atoms with Crippen LogP contribution in [0, 0.1) is 11.8 Å². The SMILES string of the molecule is CCCOCCN1C(=O)C2C(c3ccc(-c4ccccc4)cc3)NC(CC(=O)O)(C(=O)O)C2C1=O. The Morgan fingerprint density at radius 3 is 2.23 bits per heavy atom. The molecule has 3 N–H and O–H groups in total. The molecule has 0 saturated carbocycles. The van der Waals surface area contributed by atoms with Crippen molar-refractivity contribution in [3.8, 4) is 11.1 Å². The maximum absolute atomic E-state index is 13.4. The second kappa shape index (κ2) is 9.97. The molecule has 2 amide bonds. The zero-order chi connectivity index (χ0) is 25.2. The van der Waals surface area contributed by atoms with Gasteiger partial charge in [-0.15, -0.1) is 0 Å². The van der Waals surface area contributed by atoms with Crippen molar-refractivity contribution in [3.05, 3.63) is 60.2 Å². The van der Waals surface area contributed by atoms with E-state index in [1.807, 2.05) is 49.4 Å². The van der Waals surface area contributed by atoms with Crippen LogP contribution in [-0.4, -0.2) is 64.2 Å². The van der Waals surface area contributed by atoms with Gasteiger partial charge < -0.3 is 14.9 Å². The fourth-order valence-electron chi connectivity index (χ4n) is 5.16. The fourth-order valence-corrected chi connectivity index (χ4v) is 5.16. The minimum Gasteiger partial charge on any atom is -0.481 e. The molecule has 2 aromatic carbocycles. The van der Waals surface area contributed by atoms with Crippen LogP contribution in [0.1, 0.15) is 31.4 Å². The fraction of sp³-hybridized carbons (Fsp3) is 0.385. The highest BCUT2D eigenvalue weighted by Gasteiger charge is 2.68. The van der Waals surface area contributed by atoms with E-state index in [0.717, 1.165) is 22.4 Å². The Labute approximate surface area is 202 Å². The van der Waals surface area contributed by atoms with Gasteiger partial charge in [-0.05, 0) is 23.1 Å². The van der Waals surface area contributed by atoms with E-state index in [-0.39, 0.29) is 13.2 Å². The van der Waals surface area contributed by atoms with Crippen molar-refractivity contribution in [1.29, 1.82) is 0 Å². The van der Waals surface area contributed by atoms with Crippen molar-refractivity contribution in [1.82, 2.24) is 10.2 Å². The van der Waals surface area contributed by atoms with Crippen LogP contribution in [0.25, 0.3) is 11.1 Å². The molecule has 9 heteroatoms. The molecule has 35 heavy (non-hydrogen) atoms. The molecule has 4 atom stereocenters. The number of carboxylic acid groups (broad SMARTS) is 2. The molecule has 184 valence electrons. The van der Waals surface area contributed by atoms with E-state index in [1.54, 1.807) is 12.1 Å². The molecule has 2 aliphatic heterocycles. The van der Waals surface area contributed by atoms with Gasteiger partial charge >= 0.3 is 11.9 Å². The summed E-state index contributed by atoms with van der Waals surface area (Å²) in [6, 6.07) is 16.1. The lowest BCUT2D eigenvalue weighted by atomic mass is 9.77. The van der Waals surface area contributed by atoms with Gasteiger partial charge in [-0.3, -0.25) is 29.4 Å². The van der Waals surface area contributed by atoms with Crippen molar-refractivity contribution in [2.75, 3.05) is 19.8 Å². The maximum Gasteiger partial charge on any atom is 0.325 e. The van der Waals surface area contributed by atoms with Crippen LogP contribution in [0.3, 0.4) is 0 Å². The van der Waals surface area contributed by atoms with Gasteiger partial charge in [0.1, 0.15) is 5.54 Å². The molecular formula is C26H28N2O7. The normalized spacial score (nSPS) is 25.6. The highest BCUT2D eigenvalue weighted by Crippen LogP contribution is 2.50. The van der Waals surface area contributed by atoms with E-state index >= 15 is 0 Å². The largest absolute Gasteiger partial charge is 0.481 e. The second-order valence-corrected chi connectivity index (χ2v) is 8.90. The Balaban J connectivity index is 1.70. The third kappa shape index (κ3) is 4.44. The molecule has 0 aliphatic carbocycles. The molecule has 4 unspecified atom stereocenters. The van der Waals surface area contributed by atoms with Gasteiger partial charge in [-0.25, -0.2) is 0 Å². The lowest BCUT2D eigenvalue weighted by Crippen LogP contribution is -2.57. The Morgan fingerprint density at radius 2 is 1.63 bits per heavy atom. The first-order chi connectivity index (χ1) is 16.8. The lowest BCUT2D eigenvalue weighted by molar-refractivity contribution is -0.156. The topological polar surface area (TPSA) is 133 Å². The first-order valence-electron chi connectivity index (χ1n) is 11.6. The van der Waals surface area contributed by atoms with E-state index in [1.165, 1.54) is 0 Å². The smallest absolute Gasteiger partial charge is 0.325 e. The predicted octanol–water partition coefficient (Wildman–Crippen LogP) is 2.32. The summed E-state index contributed by atoms with van der Waals surface area (Å²) in [5.74, 6) is -6.41. The molecular weight excluding hydrogens is 452 g/mol. The minimum atomic E-state index is -2.11. The number of carbonyl (C=O) groups is 4. The lowest BCUT2D eigenvalue weighted by Gasteiger charge is -2.29. The quantitative estimate of drug-likeness (QED) is 0.349. The number of benzene rings is 2. The maximum atomic E-state index is 13.4. The highest BCUT2D eigenvalue weighted by molar-refractivity contribution is 6.10. The molecule has 0 aromatic heterocycles. The van der Waals surface area contributed by atoms with Gasteiger partial charge in [0.15, 0.2) is 0 Å². The Bertz CT molecular complexity index is 1120. The number of carbonyl (C=O) groups excluding carboxylic acids is 2. The predicted molar refractivity (Wildman–Crippen MR) is 125 cm³/mol. The molecule has 2 fully saturated rings. The highest BCUT2D eigenvalue weighted by atomic mass is 16.5. The van der Waals surface area contributed by atoms with Crippen LogP contribution < -0.4 is 5.32 Å². The summed E-state index contributed by atoms with van der Waals surface area (Å²) in [7, 11) is 0. The van der Waals surface area contributed by atoms with E-state index in [4.69, 9.17) is 4.74 Å². The number of amides is 2. The van der Waals surface area contributed by atoms with Crippen LogP contribution in [0.2, 0.25) is 0 Å². The number of nitrogens with zero attached hydrogens (tertiary/aromatic N) is 1. The van der Waals surface area contributed by atoms with Crippen LogP contribution in [0.5, 0.6) is 0 Å². The van der Waals surface area contributed by atoms with E-state index < -0.39 is 53.6 Å². The third-order valence-electron chi connectivity index (χ3n) is 6.74. The Morgan fingerprint density at radius 1 is 0.971 bits per heavy atom. The molecule has 4 rings (SSSR count). The number of ether oxygens (including phenoxy) is 1. The number of likely N-dealkylation sites (tertiary alicyclic amines) is 1. The summed E-state index contributed by atoms with van der Waals surface area (Å²) >= 11 is 0. The summed E-state index contributed by atoms with van der Waals surface area (Å²) in [6.07, 6.45) is -0.0554. The summed E-state index contributed by atoms with van der Waals surface area (Å²) in [5, 5.41) is 22.5. The van der Waals surface area contributed by atoms with Crippen LogP contribution in [0.4, 0.5) is 0 Å². The molecule has 2 aliphatic rings. The molecule has 0 radical (unpaired) electrons. The summed E-state index contributed by atoms with van der Waals surface area (Å²) < 4.78 is 5.42. The van der Waals surface area contributed by atoms with Crippen molar-refractivity contribution >= 4 is 23.8 Å². The van der Waals surface area contributed by atoms with Gasteiger partial charge in [-0.1, -0.05) is 61.5 Å². The van der Waals surface area contributed by atoms with Gasteiger partial charge in [0.05, 0.1) is 31.4 Å². The van der Waals surface area contributed by atoms with Gasteiger partial charge in [0.2, 0.25) is 11.8 Å². The van der Waals surface area contributed by atoms with E-state index in [0.29, 0.717) is 12.2 Å².